The van der Waals surface area contributed by atoms with E-state index in [1.165, 1.54) is 5.56 Å². The third-order valence-electron chi connectivity index (χ3n) is 2.53. The van der Waals surface area contributed by atoms with E-state index in [2.05, 4.69) is 52.0 Å². The number of hydrogen-bond acceptors (Lipinski definition) is 1. The fourth-order valence-corrected chi connectivity index (χ4v) is 1.61. The predicted molar refractivity (Wildman–Crippen MR) is 69.9 cm³/mol. The number of rotatable bonds is 6. The molecular formula is C15H24O. The van der Waals surface area contributed by atoms with Crippen molar-refractivity contribution in [3.8, 4) is 5.75 Å². The van der Waals surface area contributed by atoms with Gasteiger partial charge in [0.2, 0.25) is 0 Å². The molecule has 0 aliphatic heterocycles. The lowest BCUT2D eigenvalue weighted by Gasteiger charge is -2.09. The van der Waals surface area contributed by atoms with Crippen molar-refractivity contribution in [3.05, 3.63) is 29.8 Å². The second kappa shape index (κ2) is 6.57. The lowest BCUT2D eigenvalue weighted by Crippen LogP contribution is -2.01. The summed E-state index contributed by atoms with van der Waals surface area (Å²) < 4.78 is 5.68. The van der Waals surface area contributed by atoms with Crippen molar-refractivity contribution in [2.75, 3.05) is 6.61 Å². The Morgan fingerprint density at radius 3 is 2.06 bits per heavy atom. The van der Waals surface area contributed by atoms with E-state index in [-0.39, 0.29) is 0 Å². The van der Waals surface area contributed by atoms with Gasteiger partial charge in [-0.1, -0.05) is 39.8 Å². The van der Waals surface area contributed by atoms with Crippen LogP contribution in [0.3, 0.4) is 0 Å². The summed E-state index contributed by atoms with van der Waals surface area (Å²) in [5.41, 5.74) is 1.39. The quantitative estimate of drug-likeness (QED) is 0.694. The molecule has 1 aromatic carbocycles. The Bertz CT molecular complexity index is 285. The molecule has 0 aromatic heterocycles. The van der Waals surface area contributed by atoms with Gasteiger partial charge in [-0.2, -0.15) is 0 Å². The maximum atomic E-state index is 5.68. The molecule has 0 atom stereocenters. The summed E-state index contributed by atoms with van der Waals surface area (Å²) >= 11 is 0. The van der Waals surface area contributed by atoms with Crippen LogP contribution in [0.25, 0.3) is 0 Å². The largest absolute Gasteiger partial charge is 0.494 e. The van der Waals surface area contributed by atoms with Crippen molar-refractivity contribution >= 4 is 0 Å². The molecule has 0 heterocycles. The van der Waals surface area contributed by atoms with Crippen molar-refractivity contribution in [2.45, 2.75) is 40.5 Å². The predicted octanol–water partition coefficient (Wildman–Crippen LogP) is 4.31. The van der Waals surface area contributed by atoms with E-state index in [4.69, 9.17) is 4.74 Å². The highest BCUT2D eigenvalue weighted by molar-refractivity contribution is 5.27. The molecule has 0 amide bonds. The average Bonchev–Trinajstić information content (AvgIpc) is 2.19. The Morgan fingerprint density at radius 2 is 1.56 bits per heavy atom. The molecule has 0 fully saturated rings. The average molecular weight is 220 g/mol. The Morgan fingerprint density at radius 1 is 0.938 bits per heavy atom. The number of hydrogen-bond donors (Lipinski definition) is 0. The van der Waals surface area contributed by atoms with Gasteiger partial charge in [0.05, 0.1) is 6.61 Å². The van der Waals surface area contributed by atoms with Crippen LogP contribution in [0, 0.1) is 11.8 Å². The number of ether oxygens (including phenoxy) is 1. The van der Waals surface area contributed by atoms with Gasteiger partial charge in [-0.15, -0.1) is 0 Å². The molecular weight excluding hydrogens is 196 g/mol. The summed E-state index contributed by atoms with van der Waals surface area (Å²) in [7, 11) is 0. The molecule has 90 valence electrons. The van der Waals surface area contributed by atoms with Gasteiger partial charge < -0.3 is 4.74 Å². The van der Waals surface area contributed by atoms with Crippen molar-refractivity contribution in [1.82, 2.24) is 0 Å². The maximum Gasteiger partial charge on any atom is 0.119 e. The van der Waals surface area contributed by atoms with Crippen LogP contribution in [0.4, 0.5) is 0 Å². The molecule has 1 nitrogen and oxygen atoms in total. The van der Waals surface area contributed by atoms with Crippen LogP contribution in [0.15, 0.2) is 24.3 Å². The van der Waals surface area contributed by atoms with E-state index in [9.17, 15) is 0 Å². The van der Waals surface area contributed by atoms with E-state index in [1.807, 2.05) is 0 Å². The fraction of sp³-hybridized carbons (Fsp3) is 0.600. The topological polar surface area (TPSA) is 9.23 Å². The van der Waals surface area contributed by atoms with Crippen LogP contribution < -0.4 is 4.74 Å². The van der Waals surface area contributed by atoms with Crippen LogP contribution in [0.2, 0.25) is 0 Å². The summed E-state index contributed by atoms with van der Waals surface area (Å²) in [6, 6.07) is 8.51. The standard InChI is InChI=1S/C15H24O/c1-12(2)9-10-16-15-7-5-14(6-8-15)11-13(3)4/h5-8,12-13H,9-11H2,1-4H3. The van der Waals surface area contributed by atoms with Gasteiger partial charge >= 0.3 is 0 Å². The Labute approximate surface area is 99.8 Å². The van der Waals surface area contributed by atoms with Crippen molar-refractivity contribution < 1.29 is 4.74 Å². The van der Waals surface area contributed by atoms with Gasteiger partial charge in [-0.05, 0) is 42.4 Å². The molecule has 1 rings (SSSR count). The minimum atomic E-state index is 0.709. The molecule has 0 spiro atoms. The van der Waals surface area contributed by atoms with Crippen LogP contribution in [0.5, 0.6) is 5.75 Å². The van der Waals surface area contributed by atoms with Gasteiger partial charge in [0, 0.05) is 0 Å². The highest BCUT2D eigenvalue weighted by Gasteiger charge is 1.99. The highest BCUT2D eigenvalue weighted by atomic mass is 16.5. The number of benzene rings is 1. The van der Waals surface area contributed by atoms with Crippen LogP contribution in [0.1, 0.15) is 39.7 Å². The minimum absolute atomic E-state index is 0.709. The molecule has 0 saturated heterocycles. The first kappa shape index (κ1) is 13.1. The van der Waals surface area contributed by atoms with E-state index < -0.39 is 0 Å². The first-order valence-corrected chi connectivity index (χ1v) is 6.29. The molecule has 0 aliphatic rings. The Balaban J connectivity index is 2.39. The van der Waals surface area contributed by atoms with Gasteiger partial charge in [-0.25, -0.2) is 0 Å². The third kappa shape index (κ3) is 5.20. The van der Waals surface area contributed by atoms with E-state index in [0.29, 0.717) is 11.8 Å². The van der Waals surface area contributed by atoms with Gasteiger partial charge in [0.25, 0.3) is 0 Å². The lowest BCUT2D eigenvalue weighted by atomic mass is 10.0. The summed E-state index contributed by atoms with van der Waals surface area (Å²) in [6.07, 6.45) is 2.26. The lowest BCUT2D eigenvalue weighted by molar-refractivity contribution is 0.289. The summed E-state index contributed by atoms with van der Waals surface area (Å²) in [5, 5.41) is 0. The first-order valence-electron chi connectivity index (χ1n) is 6.29. The highest BCUT2D eigenvalue weighted by Crippen LogP contribution is 2.15. The third-order valence-corrected chi connectivity index (χ3v) is 2.53. The molecule has 0 radical (unpaired) electrons. The monoisotopic (exact) mass is 220 g/mol. The Hall–Kier alpha value is -0.980. The molecule has 0 bridgehead atoms. The molecule has 0 unspecified atom stereocenters. The normalized spacial score (nSPS) is 11.1. The van der Waals surface area contributed by atoms with Gasteiger partial charge in [0.1, 0.15) is 5.75 Å². The van der Waals surface area contributed by atoms with E-state index >= 15 is 0 Å². The van der Waals surface area contributed by atoms with E-state index in [0.717, 1.165) is 25.2 Å². The zero-order valence-corrected chi connectivity index (χ0v) is 11.0. The van der Waals surface area contributed by atoms with Crippen molar-refractivity contribution in [2.24, 2.45) is 11.8 Å². The zero-order chi connectivity index (χ0) is 12.0. The maximum absolute atomic E-state index is 5.68. The molecule has 0 N–H and O–H groups in total. The van der Waals surface area contributed by atoms with Crippen LogP contribution in [-0.4, -0.2) is 6.61 Å². The summed E-state index contributed by atoms with van der Waals surface area (Å²) in [5.74, 6) is 2.42. The summed E-state index contributed by atoms with van der Waals surface area (Å²) in [6.45, 7) is 9.74. The Kier molecular flexibility index (Phi) is 5.37. The van der Waals surface area contributed by atoms with Crippen LogP contribution in [-0.2, 0) is 6.42 Å². The fourth-order valence-electron chi connectivity index (χ4n) is 1.61. The molecule has 16 heavy (non-hydrogen) atoms. The molecule has 0 saturated carbocycles. The second-order valence-electron chi connectivity index (χ2n) is 5.27. The van der Waals surface area contributed by atoms with Crippen LogP contribution >= 0.6 is 0 Å². The first-order chi connectivity index (χ1) is 7.58. The van der Waals surface area contributed by atoms with Gasteiger partial charge in [0.15, 0.2) is 0 Å². The summed E-state index contributed by atoms with van der Waals surface area (Å²) in [4.78, 5) is 0. The van der Waals surface area contributed by atoms with E-state index in [1.54, 1.807) is 0 Å². The SMILES string of the molecule is CC(C)CCOc1ccc(CC(C)C)cc1. The van der Waals surface area contributed by atoms with Crippen molar-refractivity contribution in [1.29, 1.82) is 0 Å². The zero-order valence-electron chi connectivity index (χ0n) is 11.0. The molecule has 1 aromatic rings. The van der Waals surface area contributed by atoms with Crippen molar-refractivity contribution in [3.63, 3.8) is 0 Å². The van der Waals surface area contributed by atoms with Gasteiger partial charge in [-0.3, -0.25) is 0 Å². The minimum Gasteiger partial charge on any atom is -0.494 e. The second-order valence-corrected chi connectivity index (χ2v) is 5.27. The molecule has 1 heteroatoms. The molecule has 0 aliphatic carbocycles. The smallest absolute Gasteiger partial charge is 0.119 e.